The lowest BCUT2D eigenvalue weighted by atomic mass is 10.1. The highest BCUT2D eigenvalue weighted by Crippen LogP contribution is 2.32. The fourth-order valence-corrected chi connectivity index (χ4v) is 2.91. The smallest absolute Gasteiger partial charge is 0.319 e. The second-order valence-corrected chi connectivity index (χ2v) is 6.45. The Balaban J connectivity index is 1.59. The molecule has 1 aliphatic heterocycles. The molecule has 27 heavy (non-hydrogen) atoms. The maximum Gasteiger partial charge on any atom is 0.319 e. The molecule has 144 valence electrons. The number of amides is 2. The standard InChI is InChI=1S/C20H25N3O4/c1-23(2)17(14-4-7-16(25-3)8-5-14)13-21-20(24)22-15-6-9-18-19(12-15)27-11-10-26-18/h4-9,12,17H,10-11,13H2,1-3H3,(H2,21,22,24). The maximum atomic E-state index is 12.3. The van der Waals surface area contributed by atoms with E-state index in [9.17, 15) is 4.79 Å². The molecule has 0 radical (unpaired) electrons. The predicted octanol–water partition coefficient (Wildman–Crippen LogP) is 2.89. The average molecular weight is 371 g/mol. The molecule has 7 nitrogen and oxygen atoms in total. The van der Waals surface area contributed by atoms with Crippen LogP contribution in [0.3, 0.4) is 0 Å². The number of hydrogen-bond acceptors (Lipinski definition) is 5. The quantitative estimate of drug-likeness (QED) is 0.817. The number of benzene rings is 2. The van der Waals surface area contributed by atoms with Gasteiger partial charge in [0.1, 0.15) is 19.0 Å². The van der Waals surface area contributed by atoms with Crippen molar-refractivity contribution < 1.29 is 19.0 Å². The number of carbonyl (C=O) groups excluding carboxylic acids is 1. The van der Waals surface area contributed by atoms with Gasteiger partial charge in [-0.05, 0) is 43.9 Å². The lowest BCUT2D eigenvalue weighted by Gasteiger charge is -2.25. The summed E-state index contributed by atoms with van der Waals surface area (Å²) < 4.78 is 16.2. The predicted molar refractivity (Wildman–Crippen MR) is 104 cm³/mol. The second kappa shape index (κ2) is 8.64. The summed E-state index contributed by atoms with van der Waals surface area (Å²) in [5, 5.41) is 5.76. The summed E-state index contributed by atoms with van der Waals surface area (Å²) in [4.78, 5) is 14.4. The molecule has 0 aliphatic carbocycles. The van der Waals surface area contributed by atoms with Crippen molar-refractivity contribution in [3.63, 3.8) is 0 Å². The number of urea groups is 1. The van der Waals surface area contributed by atoms with E-state index in [1.165, 1.54) is 0 Å². The van der Waals surface area contributed by atoms with Crippen LogP contribution in [0.4, 0.5) is 10.5 Å². The van der Waals surface area contributed by atoms with Gasteiger partial charge in [-0.3, -0.25) is 0 Å². The fraction of sp³-hybridized carbons (Fsp3) is 0.350. The number of anilines is 1. The molecule has 7 heteroatoms. The third kappa shape index (κ3) is 4.83. The Morgan fingerprint density at radius 1 is 1.11 bits per heavy atom. The van der Waals surface area contributed by atoms with Gasteiger partial charge in [-0.15, -0.1) is 0 Å². The Kier molecular flexibility index (Phi) is 6.03. The third-order valence-electron chi connectivity index (χ3n) is 4.38. The molecule has 0 saturated heterocycles. The van der Waals surface area contributed by atoms with E-state index in [1.54, 1.807) is 25.3 Å². The van der Waals surface area contributed by atoms with Crippen LogP contribution in [0.5, 0.6) is 17.2 Å². The van der Waals surface area contributed by atoms with Crippen LogP contribution in [-0.4, -0.2) is 51.9 Å². The van der Waals surface area contributed by atoms with E-state index in [2.05, 4.69) is 15.5 Å². The SMILES string of the molecule is COc1ccc(C(CNC(=O)Nc2ccc3c(c2)OCCO3)N(C)C)cc1. The summed E-state index contributed by atoms with van der Waals surface area (Å²) >= 11 is 0. The molecule has 1 unspecified atom stereocenters. The molecule has 0 saturated carbocycles. The molecule has 1 aliphatic rings. The molecular formula is C20H25N3O4. The van der Waals surface area contributed by atoms with Crippen molar-refractivity contribution in [2.24, 2.45) is 0 Å². The van der Waals surface area contributed by atoms with Gasteiger partial charge >= 0.3 is 6.03 Å². The minimum Gasteiger partial charge on any atom is -0.497 e. The Hall–Kier alpha value is -2.93. The van der Waals surface area contributed by atoms with Gasteiger partial charge in [-0.25, -0.2) is 4.79 Å². The zero-order valence-electron chi connectivity index (χ0n) is 15.8. The molecule has 1 heterocycles. The number of hydrogen-bond donors (Lipinski definition) is 2. The summed E-state index contributed by atoms with van der Waals surface area (Å²) in [5.41, 5.74) is 1.75. The van der Waals surface area contributed by atoms with Crippen LogP contribution in [0.15, 0.2) is 42.5 Å². The lowest BCUT2D eigenvalue weighted by Crippen LogP contribution is -2.36. The van der Waals surface area contributed by atoms with Gasteiger partial charge in [0.05, 0.1) is 13.2 Å². The van der Waals surface area contributed by atoms with Gasteiger partial charge < -0.3 is 29.7 Å². The number of likely N-dealkylation sites (N-methyl/N-ethyl adjacent to an activating group) is 1. The molecule has 2 aromatic rings. The monoisotopic (exact) mass is 371 g/mol. The largest absolute Gasteiger partial charge is 0.497 e. The Morgan fingerprint density at radius 2 is 1.81 bits per heavy atom. The second-order valence-electron chi connectivity index (χ2n) is 6.45. The van der Waals surface area contributed by atoms with E-state index in [1.807, 2.05) is 38.4 Å². The van der Waals surface area contributed by atoms with Crippen LogP contribution in [0, 0.1) is 0 Å². The number of rotatable bonds is 6. The summed E-state index contributed by atoms with van der Waals surface area (Å²) in [6.45, 7) is 1.52. The van der Waals surface area contributed by atoms with Crippen LogP contribution < -0.4 is 24.8 Å². The number of nitrogens with one attached hydrogen (secondary N) is 2. The van der Waals surface area contributed by atoms with Gasteiger partial charge in [-0.1, -0.05) is 12.1 Å². The van der Waals surface area contributed by atoms with Crippen LogP contribution in [-0.2, 0) is 0 Å². The Labute approximate surface area is 159 Å². The first kappa shape index (κ1) is 18.8. The molecule has 0 aromatic heterocycles. The van der Waals surface area contributed by atoms with Crippen molar-refractivity contribution in [3.8, 4) is 17.2 Å². The Bertz CT molecular complexity index is 777. The van der Waals surface area contributed by atoms with Crippen molar-refractivity contribution in [2.75, 3.05) is 46.3 Å². The summed E-state index contributed by atoms with van der Waals surface area (Å²) in [7, 11) is 5.60. The highest BCUT2D eigenvalue weighted by Gasteiger charge is 2.16. The van der Waals surface area contributed by atoms with E-state index in [-0.39, 0.29) is 12.1 Å². The van der Waals surface area contributed by atoms with Crippen LogP contribution in [0.2, 0.25) is 0 Å². The number of nitrogens with zero attached hydrogens (tertiary/aromatic N) is 1. The number of ether oxygens (including phenoxy) is 3. The zero-order valence-corrected chi connectivity index (χ0v) is 15.8. The van der Waals surface area contributed by atoms with E-state index in [0.29, 0.717) is 36.9 Å². The van der Waals surface area contributed by atoms with E-state index in [0.717, 1.165) is 11.3 Å². The van der Waals surface area contributed by atoms with E-state index in [4.69, 9.17) is 14.2 Å². The first-order chi connectivity index (χ1) is 13.1. The van der Waals surface area contributed by atoms with Crippen molar-refractivity contribution >= 4 is 11.7 Å². The van der Waals surface area contributed by atoms with E-state index >= 15 is 0 Å². The fourth-order valence-electron chi connectivity index (χ4n) is 2.91. The Morgan fingerprint density at radius 3 is 2.48 bits per heavy atom. The maximum absolute atomic E-state index is 12.3. The zero-order chi connectivity index (χ0) is 19.2. The molecule has 2 aromatic carbocycles. The highest BCUT2D eigenvalue weighted by molar-refractivity contribution is 5.89. The molecular weight excluding hydrogens is 346 g/mol. The molecule has 3 rings (SSSR count). The number of carbonyl (C=O) groups is 1. The van der Waals surface area contributed by atoms with Gasteiger partial charge in [-0.2, -0.15) is 0 Å². The van der Waals surface area contributed by atoms with E-state index < -0.39 is 0 Å². The first-order valence-corrected chi connectivity index (χ1v) is 8.81. The van der Waals surface area contributed by atoms with Gasteiger partial charge in [0.25, 0.3) is 0 Å². The number of fused-ring (bicyclic) bond motifs is 1. The summed E-state index contributed by atoms with van der Waals surface area (Å²) in [5.74, 6) is 2.14. The molecule has 2 amide bonds. The lowest BCUT2D eigenvalue weighted by molar-refractivity contribution is 0.171. The molecule has 2 N–H and O–H groups in total. The van der Waals surface area contributed by atoms with Crippen LogP contribution >= 0.6 is 0 Å². The third-order valence-corrected chi connectivity index (χ3v) is 4.38. The van der Waals surface area contributed by atoms with Crippen molar-refractivity contribution in [1.29, 1.82) is 0 Å². The topological polar surface area (TPSA) is 72.1 Å². The number of methoxy groups -OCH3 is 1. The van der Waals surface area contributed by atoms with Gasteiger partial charge in [0.15, 0.2) is 11.5 Å². The minimum atomic E-state index is -0.271. The molecule has 0 spiro atoms. The molecule has 0 fully saturated rings. The van der Waals surface area contributed by atoms with Gasteiger partial charge in [0.2, 0.25) is 0 Å². The van der Waals surface area contributed by atoms with Crippen molar-refractivity contribution in [1.82, 2.24) is 10.2 Å². The minimum absolute atomic E-state index is 0.0434. The highest BCUT2D eigenvalue weighted by atomic mass is 16.6. The van der Waals surface area contributed by atoms with Crippen LogP contribution in [0.1, 0.15) is 11.6 Å². The summed E-state index contributed by atoms with van der Waals surface area (Å²) in [6, 6.07) is 13.0. The van der Waals surface area contributed by atoms with Crippen molar-refractivity contribution in [2.45, 2.75) is 6.04 Å². The molecule has 0 bridgehead atoms. The van der Waals surface area contributed by atoms with Crippen LogP contribution in [0.25, 0.3) is 0 Å². The summed E-state index contributed by atoms with van der Waals surface area (Å²) in [6.07, 6.45) is 0. The first-order valence-electron chi connectivity index (χ1n) is 8.81. The van der Waals surface area contributed by atoms with Crippen molar-refractivity contribution in [3.05, 3.63) is 48.0 Å². The van der Waals surface area contributed by atoms with Gasteiger partial charge in [0, 0.05) is 18.3 Å². The average Bonchev–Trinajstić information content (AvgIpc) is 2.68. The normalized spacial score (nSPS) is 13.8. The molecule has 1 atom stereocenters.